The average Bonchev–Trinajstić information content (AvgIpc) is 2.67. The summed E-state index contributed by atoms with van der Waals surface area (Å²) in [6, 6.07) is 20.6. The summed E-state index contributed by atoms with van der Waals surface area (Å²) in [5.74, 6) is 2.12. The van der Waals surface area contributed by atoms with Gasteiger partial charge in [-0.2, -0.15) is 0 Å². The van der Waals surface area contributed by atoms with E-state index in [0.717, 1.165) is 11.3 Å². The summed E-state index contributed by atoms with van der Waals surface area (Å²) in [4.78, 5) is 11.2. The summed E-state index contributed by atoms with van der Waals surface area (Å²) in [5, 5.41) is 6.36. The van der Waals surface area contributed by atoms with Crippen molar-refractivity contribution in [3.05, 3.63) is 81.7 Å². The van der Waals surface area contributed by atoms with Crippen LogP contribution in [0.25, 0.3) is 0 Å². The van der Waals surface area contributed by atoms with Crippen molar-refractivity contribution in [2.24, 2.45) is 5.18 Å². The summed E-state index contributed by atoms with van der Waals surface area (Å²) in [5.41, 5.74) is 1.95. The summed E-state index contributed by atoms with van der Waals surface area (Å²) in [6.45, 7) is 0.535. The molecule has 0 aromatic heterocycles. The van der Waals surface area contributed by atoms with E-state index >= 15 is 0 Å². The summed E-state index contributed by atoms with van der Waals surface area (Å²) >= 11 is 3.39. The number of methoxy groups -OCH3 is 1. The largest absolute Gasteiger partial charge is 0.497 e. The van der Waals surface area contributed by atoms with E-state index in [2.05, 4.69) is 26.4 Å². The number of anilines is 1. The monoisotopic (exact) mass is 412 g/mol. The van der Waals surface area contributed by atoms with Crippen LogP contribution in [0.2, 0.25) is 0 Å². The number of hydrogen-bond acceptors (Lipinski definition) is 5. The van der Waals surface area contributed by atoms with Gasteiger partial charge in [0.25, 0.3) is 0 Å². The van der Waals surface area contributed by atoms with Crippen LogP contribution >= 0.6 is 15.9 Å². The van der Waals surface area contributed by atoms with E-state index in [1.54, 1.807) is 19.2 Å². The van der Waals surface area contributed by atoms with Crippen LogP contribution < -0.4 is 14.8 Å². The maximum absolute atomic E-state index is 11.2. The van der Waals surface area contributed by atoms with Crippen LogP contribution in [0.5, 0.6) is 17.2 Å². The highest BCUT2D eigenvalue weighted by Crippen LogP contribution is 2.39. The number of nitrogens with one attached hydrogen (secondary N) is 1. The molecule has 0 heterocycles. The highest BCUT2D eigenvalue weighted by Gasteiger charge is 2.12. The number of rotatable bonds is 7. The molecular weight excluding hydrogens is 396 g/mol. The third kappa shape index (κ3) is 4.40. The number of para-hydroxylation sites is 1. The molecule has 0 unspecified atom stereocenters. The Morgan fingerprint density at radius 2 is 1.69 bits per heavy atom. The van der Waals surface area contributed by atoms with Gasteiger partial charge < -0.3 is 14.8 Å². The molecule has 0 aliphatic carbocycles. The average molecular weight is 413 g/mol. The van der Waals surface area contributed by atoms with Gasteiger partial charge in [-0.05, 0) is 57.0 Å². The van der Waals surface area contributed by atoms with E-state index in [0.29, 0.717) is 33.9 Å². The van der Waals surface area contributed by atoms with Crippen LogP contribution in [0.3, 0.4) is 0 Å². The molecule has 3 rings (SSSR count). The predicted octanol–water partition coefficient (Wildman–Crippen LogP) is 6.26. The molecule has 0 amide bonds. The van der Waals surface area contributed by atoms with Crippen molar-refractivity contribution in [2.75, 3.05) is 12.4 Å². The van der Waals surface area contributed by atoms with Crippen molar-refractivity contribution < 1.29 is 9.47 Å². The van der Waals surface area contributed by atoms with Crippen LogP contribution in [0.1, 0.15) is 5.56 Å². The smallest absolute Gasteiger partial charge is 0.145 e. The van der Waals surface area contributed by atoms with E-state index in [4.69, 9.17) is 9.47 Å². The molecule has 26 heavy (non-hydrogen) atoms. The van der Waals surface area contributed by atoms with Crippen molar-refractivity contribution >= 4 is 27.3 Å². The second-order valence-electron chi connectivity index (χ2n) is 5.51. The van der Waals surface area contributed by atoms with Gasteiger partial charge in [-0.25, -0.2) is 0 Å². The van der Waals surface area contributed by atoms with E-state index in [9.17, 15) is 4.91 Å². The normalized spacial score (nSPS) is 10.2. The molecule has 0 aliphatic heterocycles. The minimum absolute atomic E-state index is 0.305. The van der Waals surface area contributed by atoms with Crippen molar-refractivity contribution in [3.8, 4) is 17.2 Å². The van der Waals surface area contributed by atoms with Crippen molar-refractivity contribution in [1.82, 2.24) is 0 Å². The number of nitroso groups, excluding NO2 is 1. The fraction of sp³-hybridized carbons (Fsp3) is 0.100. The quantitative estimate of drug-likeness (QED) is 0.465. The van der Waals surface area contributed by atoms with Gasteiger partial charge in [-0.1, -0.05) is 30.3 Å². The first-order chi connectivity index (χ1) is 12.7. The van der Waals surface area contributed by atoms with Crippen molar-refractivity contribution in [1.29, 1.82) is 0 Å². The lowest BCUT2D eigenvalue weighted by Gasteiger charge is -2.13. The first-order valence-corrected chi connectivity index (χ1v) is 8.75. The molecule has 1 N–H and O–H groups in total. The molecule has 6 heteroatoms. The van der Waals surface area contributed by atoms with E-state index in [-0.39, 0.29) is 0 Å². The third-order valence-corrected chi connectivity index (χ3v) is 4.35. The molecule has 0 fully saturated rings. The minimum Gasteiger partial charge on any atom is -0.497 e. The number of benzene rings is 3. The Balaban J connectivity index is 1.80. The molecule has 0 saturated carbocycles. The fourth-order valence-corrected chi connectivity index (χ4v) is 2.94. The van der Waals surface area contributed by atoms with Gasteiger partial charge in [0.2, 0.25) is 0 Å². The van der Waals surface area contributed by atoms with Crippen LogP contribution in [-0.4, -0.2) is 7.11 Å². The fourth-order valence-electron chi connectivity index (χ4n) is 2.43. The zero-order chi connectivity index (χ0) is 18.4. The highest BCUT2D eigenvalue weighted by molar-refractivity contribution is 9.10. The van der Waals surface area contributed by atoms with Gasteiger partial charge in [0.05, 0.1) is 17.3 Å². The number of hydrogen-bond donors (Lipinski definition) is 1. The van der Waals surface area contributed by atoms with E-state index in [1.165, 1.54) is 0 Å². The molecule has 0 atom stereocenters. The Morgan fingerprint density at radius 3 is 2.35 bits per heavy atom. The lowest BCUT2D eigenvalue weighted by Crippen LogP contribution is -2.00. The molecule has 0 radical (unpaired) electrons. The number of ether oxygens (including phenoxy) is 2. The molecule has 0 aliphatic rings. The SMILES string of the molecule is COc1ccc(CNc2cc(Oc3ccccc3)cc(Br)c2N=O)cc1. The maximum atomic E-state index is 11.2. The van der Waals surface area contributed by atoms with Crippen LogP contribution in [0, 0.1) is 4.91 Å². The first kappa shape index (κ1) is 17.9. The summed E-state index contributed by atoms with van der Waals surface area (Å²) in [7, 11) is 1.63. The molecule has 0 spiro atoms. The maximum Gasteiger partial charge on any atom is 0.145 e. The van der Waals surface area contributed by atoms with Gasteiger partial charge in [-0.15, -0.1) is 4.91 Å². The third-order valence-electron chi connectivity index (χ3n) is 3.75. The zero-order valence-electron chi connectivity index (χ0n) is 14.1. The van der Waals surface area contributed by atoms with Gasteiger partial charge in [0, 0.05) is 12.6 Å². The highest BCUT2D eigenvalue weighted by atomic mass is 79.9. The molecule has 0 saturated heterocycles. The molecule has 132 valence electrons. The van der Waals surface area contributed by atoms with Crippen LogP contribution in [0.15, 0.2) is 76.4 Å². The standard InChI is InChI=1S/C20H17BrN2O3/c1-25-15-9-7-14(8-10-15)13-22-19-12-17(11-18(21)20(19)23-24)26-16-5-3-2-4-6-16/h2-12,22H,13H2,1H3. The molecule has 0 bridgehead atoms. The predicted molar refractivity (Wildman–Crippen MR) is 106 cm³/mol. The Labute approximate surface area is 160 Å². The van der Waals surface area contributed by atoms with Gasteiger partial charge >= 0.3 is 0 Å². The summed E-state index contributed by atoms with van der Waals surface area (Å²) < 4.78 is 11.6. The van der Waals surface area contributed by atoms with Gasteiger partial charge in [0.15, 0.2) is 0 Å². The Kier molecular flexibility index (Phi) is 5.86. The second kappa shape index (κ2) is 8.49. The van der Waals surface area contributed by atoms with Crippen LogP contribution in [0.4, 0.5) is 11.4 Å². The molecule has 3 aromatic rings. The molecular formula is C20H17BrN2O3. The lowest BCUT2D eigenvalue weighted by atomic mass is 10.2. The van der Waals surface area contributed by atoms with E-state index < -0.39 is 0 Å². The van der Waals surface area contributed by atoms with Crippen molar-refractivity contribution in [2.45, 2.75) is 6.54 Å². The Bertz CT molecular complexity index is 884. The summed E-state index contributed by atoms with van der Waals surface area (Å²) in [6.07, 6.45) is 0. The number of halogens is 1. The van der Waals surface area contributed by atoms with Crippen molar-refractivity contribution in [3.63, 3.8) is 0 Å². The van der Waals surface area contributed by atoms with Gasteiger partial charge in [-0.3, -0.25) is 0 Å². The lowest BCUT2D eigenvalue weighted by molar-refractivity contribution is 0.414. The number of nitrogens with zero attached hydrogens (tertiary/aromatic N) is 1. The van der Waals surface area contributed by atoms with Gasteiger partial charge in [0.1, 0.15) is 22.9 Å². The Hall–Kier alpha value is -2.86. The molecule has 5 nitrogen and oxygen atoms in total. The first-order valence-electron chi connectivity index (χ1n) is 7.96. The zero-order valence-corrected chi connectivity index (χ0v) is 15.7. The minimum atomic E-state index is 0.305. The topological polar surface area (TPSA) is 59.9 Å². The van der Waals surface area contributed by atoms with E-state index in [1.807, 2.05) is 54.6 Å². The Morgan fingerprint density at radius 1 is 0.962 bits per heavy atom. The molecule has 3 aromatic carbocycles. The van der Waals surface area contributed by atoms with Crippen LogP contribution in [-0.2, 0) is 6.54 Å². The second-order valence-corrected chi connectivity index (χ2v) is 6.36.